The highest BCUT2D eigenvalue weighted by Crippen LogP contribution is 2.29. The van der Waals surface area contributed by atoms with Crippen molar-refractivity contribution in [2.45, 2.75) is 45.1 Å². The highest BCUT2D eigenvalue weighted by Gasteiger charge is 2.35. The van der Waals surface area contributed by atoms with Gasteiger partial charge in [0.05, 0.1) is 17.3 Å². The van der Waals surface area contributed by atoms with Gasteiger partial charge in [-0.1, -0.05) is 0 Å². The van der Waals surface area contributed by atoms with Crippen LogP contribution in [0.5, 0.6) is 0 Å². The SMILES string of the molecule is Cc1cc(C)n(-c2ccc(C(=O)NC3(C#N)CCCC3)cn2)n1. The fourth-order valence-corrected chi connectivity index (χ4v) is 3.04. The van der Waals surface area contributed by atoms with Gasteiger partial charge in [0.1, 0.15) is 5.54 Å². The minimum Gasteiger partial charge on any atom is -0.334 e. The maximum absolute atomic E-state index is 12.4. The van der Waals surface area contributed by atoms with Crippen LogP contribution in [0.2, 0.25) is 0 Å². The van der Waals surface area contributed by atoms with E-state index in [4.69, 9.17) is 0 Å². The number of aryl methyl sites for hydroxylation is 2. The molecule has 1 aliphatic rings. The van der Waals surface area contributed by atoms with Gasteiger partial charge in [-0.15, -0.1) is 0 Å². The van der Waals surface area contributed by atoms with E-state index in [1.807, 2.05) is 19.9 Å². The maximum Gasteiger partial charge on any atom is 0.254 e. The number of carbonyl (C=O) groups excluding carboxylic acids is 1. The van der Waals surface area contributed by atoms with Crippen molar-refractivity contribution in [1.29, 1.82) is 5.26 Å². The summed E-state index contributed by atoms with van der Waals surface area (Å²) in [6.45, 7) is 3.88. The largest absolute Gasteiger partial charge is 0.334 e. The van der Waals surface area contributed by atoms with Crippen LogP contribution in [0, 0.1) is 25.2 Å². The van der Waals surface area contributed by atoms with Crippen molar-refractivity contribution in [1.82, 2.24) is 20.1 Å². The zero-order chi connectivity index (χ0) is 16.4. The summed E-state index contributed by atoms with van der Waals surface area (Å²) >= 11 is 0. The van der Waals surface area contributed by atoms with E-state index in [-0.39, 0.29) is 5.91 Å². The number of nitriles is 1. The molecule has 0 spiro atoms. The number of rotatable bonds is 3. The van der Waals surface area contributed by atoms with Gasteiger partial charge in [-0.25, -0.2) is 9.67 Å². The maximum atomic E-state index is 12.4. The van der Waals surface area contributed by atoms with Gasteiger partial charge in [-0.2, -0.15) is 10.4 Å². The lowest BCUT2D eigenvalue weighted by atomic mass is 9.99. The topological polar surface area (TPSA) is 83.6 Å². The first kappa shape index (κ1) is 15.2. The molecule has 1 amide bonds. The van der Waals surface area contributed by atoms with Crippen LogP contribution in [-0.2, 0) is 0 Å². The normalized spacial score (nSPS) is 16.0. The van der Waals surface area contributed by atoms with Gasteiger partial charge >= 0.3 is 0 Å². The summed E-state index contributed by atoms with van der Waals surface area (Å²) in [5, 5.41) is 16.6. The van der Waals surface area contributed by atoms with Gasteiger partial charge in [0.15, 0.2) is 5.82 Å². The van der Waals surface area contributed by atoms with Crippen LogP contribution in [0.15, 0.2) is 24.4 Å². The monoisotopic (exact) mass is 309 g/mol. The molecule has 3 rings (SSSR count). The Balaban J connectivity index is 1.78. The van der Waals surface area contributed by atoms with Gasteiger partial charge in [0, 0.05) is 11.9 Å². The zero-order valence-corrected chi connectivity index (χ0v) is 13.3. The van der Waals surface area contributed by atoms with Crippen molar-refractivity contribution in [3.05, 3.63) is 41.3 Å². The lowest BCUT2D eigenvalue weighted by Gasteiger charge is -2.21. The Hall–Kier alpha value is -2.68. The first-order valence-electron chi connectivity index (χ1n) is 7.76. The van der Waals surface area contributed by atoms with E-state index in [0.29, 0.717) is 24.2 Å². The molecule has 2 aromatic rings. The highest BCUT2D eigenvalue weighted by molar-refractivity contribution is 5.94. The van der Waals surface area contributed by atoms with Gasteiger partial charge in [-0.3, -0.25) is 4.79 Å². The van der Waals surface area contributed by atoms with Gasteiger partial charge in [-0.05, 0) is 57.7 Å². The summed E-state index contributed by atoms with van der Waals surface area (Å²) in [5.74, 6) is 0.420. The van der Waals surface area contributed by atoms with Gasteiger partial charge < -0.3 is 5.32 Å². The van der Waals surface area contributed by atoms with E-state index >= 15 is 0 Å². The molecule has 1 aliphatic carbocycles. The van der Waals surface area contributed by atoms with Crippen LogP contribution >= 0.6 is 0 Å². The van der Waals surface area contributed by atoms with E-state index in [1.165, 1.54) is 6.20 Å². The number of carbonyl (C=O) groups is 1. The summed E-state index contributed by atoms with van der Waals surface area (Å²) < 4.78 is 1.74. The van der Waals surface area contributed by atoms with E-state index in [0.717, 1.165) is 24.2 Å². The minimum atomic E-state index is -0.717. The van der Waals surface area contributed by atoms with Crippen LogP contribution in [-0.4, -0.2) is 26.2 Å². The van der Waals surface area contributed by atoms with E-state index in [1.54, 1.807) is 16.8 Å². The van der Waals surface area contributed by atoms with Crippen LogP contribution in [0.4, 0.5) is 0 Å². The van der Waals surface area contributed by atoms with Crippen molar-refractivity contribution in [3.8, 4) is 11.9 Å². The molecule has 0 atom stereocenters. The molecule has 6 heteroatoms. The lowest BCUT2D eigenvalue weighted by molar-refractivity contribution is 0.0920. The quantitative estimate of drug-likeness (QED) is 0.944. The Morgan fingerprint density at radius 1 is 1.35 bits per heavy atom. The van der Waals surface area contributed by atoms with Gasteiger partial charge in [0.2, 0.25) is 0 Å². The summed E-state index contributed by atoms with van der Waals surface area (Å²) in [5.41, 5.74) is 1.65. The molecule has 0 aromatic carbocycles. The first-order valence-corrected chi connectivity index (χ1v) is 7.76. The number of hydrogen-bond acceptors (Lipinski definition) is 4. The fourth-order valence-electron chi connectivity index (χ4n) is 3.04. The molecular weight excluding hydrogens is 290 g/mol. The standard InChI is InChI=1S/C17H19N5O/c1-12-9-13(2)22(21-12)15-6-5-14(10-19-15)16(23)20-17(11-18)7-3-4-8-17/h5-6,9-10H,3-4,7-8H2,1-2H3,(H,20,23). The Bertz CT molecular complexity index is 763. The molecule has 0 bridgehead atoms. The number of pyridine rings is 1. The summed E-state index contributed by atoms with van der Waals surface area (Å²) in [4.78, 5) is 16.7. The number of nitrogens with zero attached hydrogens (tertiary/aromatic N) is 4. The third-order valence-electron chi connectivity index (χ3n) is 4.26. The predicted molar refractivity (Wildman–Crippen MR) is 85.1 cm³/mol. The van der Waals surface area contributed by atoms with Gasteiger partial charge in [0.25, 0.3) is 5.91 Å². The second-order valence-corrected chi connectivity index (χ2v) is 6.10. The van der Waals surface area contributed by atoms with Crippen LogP contribution in [0.1, 0.15) is 47.4 Å². The van der Waals surface area contributed by atoms with Crippen molar-refractivity contribution >= 4 is 5.91 Å². The van der Waals surface area contributed by atoms with E-state index in [9.17, 15) is 10.1 Å². The molecular formula is C17H19N5O. The number of nitrogens with one attached hydrogen (secondary N) is 1. The molecule has 0 unspecified atom stereocenters. The second kappa shape index (κ2) is 5.84. The number of amides is 1. The Labute approximate surface area is 135 Å². The molecule has 1 fully saturated rings. The van der Waals surface area contributed by atoms with Crippen molar-refractivity contribution < 1.29 is 4.79 Å². The van der Waals surface area contributed by atoms with E-state index in [2.05, 4.69) is 21.5 Å². The predicted octanol–water partition coefficient (Wildman–Crippen LogP) is 2.45. The Morgan fingerprint density at radius 3 is 2.61 bits per heavy atom. The Kier molecular flexibility index (Phi) is 3.87. The molecule has 1 saturated carbocycles. The van der Waals surface area contributed by atoms with Crippen molar-refractivity contribution in [2.75, 3.05) is 0 Å². The molecule has 0 aliphatic heterocycles. The molecule has 0 radical (unpaired) electrons. The van der Waals surface area contributed by atoms with Crippen molar-refractivity contribution in [2.24, 2.45) is 0 Å². The average Bonchev–Trinajstić information content (AvgIpc) is 3.14. The molecule has 1 N–H and O–H groups in total. The molecule has 118 valence electrons. The minimum absolute atomic E-state index is 0.249. The summed E-state index contributed by atoms with van der Waals surface area (Å²) in [6, 6.07) is 7.71. The van der Waals surface area contributed by atoms with Crippen LogP contribution in [0.3, 0.4) is 0 Å². The number of hydrogen-bond donors (Lipinski definition) is 1. The lowest BCUT2D eigenvalue weighted by Crippen LogP contribution is -2.45. The van der Waals surface area contributed by atoms with Crippen LogP contribution < -0.4 is 5.32 Å². The van der Waals surface area contributed by atoms with Crippen LogP contribution in [0.25, 0.3) is 5.82 Å². The molecule has 2 aromatic heterocycles. The average molecular weight is 309 g/mol. The van der Waals surface area contributed by atoms with Crippen molar-refractivity contribution in [3.63, 3.8) is 0 Å². The third kappa shape index (κ3) is 2.95. The molecule has 6 nitrogen and oxygen atoms in total. The second-order valence-electron chi connectivity index (χ2n) is 6.10. The number of aromatic nitrogens is 3. The summed E-state index contributed by atoms with van der Waals surface area (Å²) in [6.07, 6.45) is 4.91. The molecule has 2 heterocycles. The smallest absolute Gasteiger partial charge is 0.254 e. The van der Waals surface area contributed by atoms with E-state index < -0.39 is 5.54 Å². The summed E-state index contributed by atoms with van der Waals surface area (Å²) in [7, 11) is 0. The fraction of sp³-hybridized carbons (Fsp3) is 0.412. The molecule has 0 saturated heterocycles. The third-order valence-corrected chi connectivity index (χ3v) is 4.26. The first-order chi connectivity index (χ1) is 11.0. The Morgan fingerprint density at radius 2 is 2.09 bits per heavy atom. The highest BCUT2D eigenvalue weighted by atomic mass is 16.1. The molecule has 23 heavy (non-hydrogen) atoms. The zero-order valence-electron chi connectivity index (χ0n) is 13.3.